The molecule has 2 heterocycles. The minimum Gasteiger partial charge on any atom is -0.393 e. The first-order valence-electron chi connectivity index (χ1n) is 9.11. The molecule has 0 spiro atoms. The predicted molar refractivity (Wildman–Crippen MR) is 99.8 cm³/mol. The average Bonchev–Trinajstić information content (AvgIpc) is 3.05. The van der Waals surface area contributed by atoms with Gasteiger partial charge in [-0.15, -0.1) is 0 Å². The van der Waals surface area contributed by atoms with Gasteiger partial charge < -0.3 is 10.0 Å². The highest BCUT2D eigenvalue weighted by Crippen LogP contribution is 2.23. The van der Waals surface area contributed by atoms with Crippen LogP contribution in [-0.4, -0.2) is 53.8 Å². The number of sulfonamides is 1. The second kappa shape index (κ2) is 8.38. The van der Waals surface area contributed by atoms with E-state index in [0.29, 0.717) is 37.3 Å². The molecule has 1 aliphatic rings. The third-order valence-electron chi connectivity index (χ3n) is 4.77. The number of amides is 1. The summed E-state index contributed by atoms with van der Waals surface area (Å²) in [5, 5.41) is 16.7. The van der Waals surface area contributed by atoms with Gasteiger partial charge in [-0.05, 0) is 49.9 Å². The lowest BCUT2D eigenvalue weighted by Crippen LogP contribution is -2.37. The highest BCUT2D eigenvalue weighted by Gasteiger charge is 2.24. The molecule has 10 heteroatoms. The van der Waals surface area contributed by atoms with Crippen molar-refractivity contribution in [3.05, 3.63) is 40.7 Å². The highest BCUT2D eigenvalue weighted by molar-refractivity contribution is 7.89. The minimum atomic E-state index is -3.67. The van der Waals surface area contributed by atoms with E-state index >= 15 is 0 Å². The Balaban J connectivity index is 1.71. The van der Waals surface area contributed by atoms with E-state index in [-0.39, 0.29) is 23.8 Å². The number of carbonyl (C=O) groups excluding carboxylic acids is 1. The zero-order valence-electron chi connectivity index (χ0n) is 15.9. The van der Waals surface area contributed by atoms with Crippen molar-refractivity contribution in [1.82, 2.24) is 19.9 Å². The maximum atomic E-state index is 12.6. The second-order valence-electron chi connectivity index (χ2n) is 7.00. The van der Waals surface area contributed by atoms with E-state index in [9.17, 15) is 18.3 Å². The van der Waals surface area contributed by atoms with E-state index in [1.54, 1.807) is 36.9 Å². The number of carbonyl (C=O) groups is 1. The fraction of sp³-hybridized carbons (Fsp3) is 0.500. The summed E-state index contributed by atoms with van der Waals surface area (Å²) in [6.45, 7) is 4.40. The van der Waals surface area contributed by atoms with E-state index in [2.05, 4.69) is 19.7 Å². The summed E-state index contributed by atoms with van der Waals surface area (Å²) in [7, 11) is -3.67. The van der Waals surface area contributed by atoms with Gasteiger partial charge in [0.1, 0.15) is 11.4 Å². The van der Waals surface area contributed by atoms with E-state index in [0.717, 1.165) is 11.1 Å². The van der Waals surface area contributed by atoms with Crippen LogP contribution < -0.4 is 4.72 Å². The van der Waals surface area contributed by atoms with Gasteiger partial charge in [-0.25, -0.2) is 17.8 Å². The van der Waals surface area contributed by atoms with Crippen LogP contribution in [0.25, 0.3) is 0 Å². The number of hydrogen-bond acceptors (Lipinski definition) is 7. The summed E-state index contributed by atoms with van der Waals surface area (Å²) in [6.07, 6.45) is 0.522. The Kier molecular flexibility index (Phi) is 6.11. The van der Waals surface area contributed by atoms with Crippen molar-refractivity contribution in [3.63, 3.8) is 0 Å². The molecule has 9 nitrogen and oxygen atoms in total. The van der Waals surface area contributed by atoms with Gasteiger partial charge in [0.25, 0.3) is 0 Å². The Morgan fingerprint density at radius 3 is 2.82 bits per heavy atom. The first-order chi connectivity index (χ1) is 13.3. The number of hydrogen-bond donors (Lipinski definition) is 2. The molecule has 1 aromatic heterocycles. The van der Waals surface area contributed by atoms with Crippen LogP contribution in [0.5, 0.6) is 0 Å². The van der Waals surface area contributed by atoms with Crippen LogP contribution in [0, 0.1) is 6.92 Å². The first kappa shape index (κ1) is 20.4. The Labute approximate surface area is 163 Å². The highest BCUT2D eigenvalue weighted by atomic mass is 32.2. The topological polar surface area (TPSA) is 126 Å². The molecule has 0 fully saturated rings. The third kappa shape index (κ3) is 4.75. The normalized spacial score (nSPS) is 15.3. The second-order valence-corrected chi connectivity index (χ2v) is 8.77. The fourth-order valence-corrected chi connectivity index (χ4v) is 4.16. The van der Waals surface area contributed by atoms with Crippen molar-refractivity contribution in [1.29, 1.82) is 0 Å². The molecule has 2 aromatic rings. The van der Waals surface area contributed by atoms with Crippen molar-refractivity contribution in [2.75, 3.05) is 13.1 Å². The third-order valence-corrected chi connectivity index (χ3v) is 6.23. The summed E-state index contributed by atoms with van der Waals surface area (Å²) in [4.78, 5) is 14.4. The van der Waals surface area contributed by atoms with Gasteiger partial charge in [0.2, 0.25) is 15.9 Å². The summed E-state index contributed by atoms with van der Waals surface area (Å²) in [5.74, 6) is -0.104. The lowest BCUT2D eigenvalue weighted by Gasteiger charge is -2.29. The molecule has 2 N–H and O–H groups in total. The van der Waals surface area contributed by atoms with Crippen LogP contribution in [0.1, 0.15) is 35.9 Å². The Morgan fingerprint density at radius 1 is 1.36 bits per heavy atom. The van der Waals surface area contributed by atoms with Gasteiger partial charge in [0, 0.05) is 19.6 Å². The van der Waals surface area contributed by atoms with Crippen LogP contribution in [0.3, 0.4) is 0 Å². The van der Waals surface area contributed by atoms with Crippen molar-refractivity contribution >= 4 is 15.9 Å². The van der Waals surface area contributed by atoms with Gasteiger partial charge in [0.15, 0.2) is 0 Å². The monoisotopic (exact) mass is 408 g/mol. The standard InChI is InChI=1S/C18H24N4O5S/c1-12(23)5-7-19-28(25,26)16-4-3-14-6-8-22(11-15(14)9-16)18(24)10-17-13(2)20-27-21-17/h3-4,9,12,19,23H,5-8,10-11H2,1-2H3/t12-/m1/s1. The number of aliphatic hydroxyl groups is 1. The van der Waals surface area contributed by atoms with E-state index in [4.69, 9.17) is 0 Å². The minimum absolute atomic E-state index is 0.101. The molecule has 0 aliphatic carbocycles. The Morgan fingerprint density at radius 2 is 2.14 bits per heavy atom. The molecule has 0 saturated carbocycles. The smallest absolute Gasteiger partial charge is 0.240 e. The molecule has 152 valence electrons. The van der Waals surface area contributed by atoms with Gasteiger partial charge >= 0.3 is 0 Å². The van der Waals surface area contributed by atoms with E-state index in [1.165, 1.54) is 0 Å². The predicted octanol–water partition coefficient (Wildman–Crippen LogP) is 0.555. The largest absolute Gasteiger partial charge is 0.393 e. The number of rotatable bonds is 7. The average molecular weight is 408 g/mol. The summed E-state index contributed by atoms with van der Waals surface area (Å²) < 4.78 is 32.0. The molecule has 0 bridgehead atoms. The SMILES string of the molecule is Cc1nonc1CC(=O)N1CCc2ccc(S(=O)(=O)NCC[C@@H](C)O)cc2C1. The molecule has 0 radical (unpaired) electrons. The van der Waals surface area contributed by atoms with Crippen LogP contribution in [0.4, 0.5) is 0 Å². The molecule has 0 unspecified atom stereocenters. The number of aliphatic hydroxyl groups excluding tert-OH is 1. The van der Waals surface area contributed by atoms with Gasteiger partial charge in [-0.2, -0.15) is 0 Å². The maximum Gasteiger partial charge on any atom is 0.240 e. The van der Waals surface area contributed by atoms with Crippen molar-refractivity contribution in [2.24, 2.45) is 0 Å². The van der Waals surface area contributed by atoms with Crippen LogP contribution >= 0.6 is 0 Å². The number of fused-ring (bicyclic) bond motifs is 1. The van der Waals surface area contributed by atoms with Gasteiger partial charge in [-0.3, -0.25) is 4.79 Å². The van der Waals surface area contributed by atoms with Crippen molar-refractivity contribution in [2.45, 2.75) is 50.7 Å². The van der Waals surface area contributed by atoms with Gasteiger partial charge in [0.05, 0.1) is 17.4 Å². The quantitative estimate of drug-likeness (QED) is 0.685. The first-order valence-corrected chi connectivity index (χ1v) is 10.6. The van der Waals surface area contributed by atoms with E-state index < -0.39 is 16.1 Å². The fourth-order valence-electron chi connectivity index (χ4n) is 3.06. The molecule has 28 heavy (non-hydrogen) atoms. The number of nitrogens with one attached hydrogen (secondary N) is 1. The summed E-state index contributed by atoms with van der Waals surface area (Å²) in [5.41, 5.74) is 2.94. The number of nitrogens with zero attached hydrogens (tertiary/aromatic N) is 3. The Bertz CT molecular complexity index is 955. The zero-order valence-corrected chi connectivity index (χ0v) is 16.7. The van der Waals surface area contributed by atoms with Crippen LogP contribution in [0.15, 0.2) is 27.7 Å². The molecule has 1 amide bonds. The molecular weight excluding hydrogens is 384 g/mol. The number of benzene rings is 1. The Hall–Kier alpha value is -2.30. The maximum absolute atomic E-state index is 12.6. The number of aromatic nitrogens is 2. The molecule has 3 rings (SSSR count). The zero-order chi connectivity index (χ0) is 20.3. The van der Waals surface area contributed by atoms with Gasteiger partial charge in [-0.1, -0.05) is 16.4 Å². The molecule has 1 aliphatic heterocycles. The van der Waals surface area contributed by atoms with E-state index in [1.807, 2.05) is 0 Å². The molecule has 1 atom stereocenters. The van der Waals surface area contributed by atoms with Crippen molar-refractivity contribution in [3.8, 4) is 0 Å². The molecule has 1 aromatic carbocycles. The summed E-state index contributed by atoms with van der Waals surface area (Å²) >= 11 is 0. The summed E-state index contributed by atoms with van der Waals surface area (Å²) in [6, 6.07) is 4.99. The van der Waals surface area contributed by atoms with Crippen LogP contribution in [0.2, 0.25) is 0 Å². The number of aryl methyl sites for hydroxylation is 1. The lowest BCUT2D eigenvalue weighted by atomic mass is 9.99. The molecular formula is C18H24N4O5S. The van der Waals surface area contributed by atoms with Crippen molar-refractivity contribution < 1.29 is 22.9 Å². The van der Waals surface area contributed by atoms with Crippen LogP contribution in [-0.2, 0) is 34.2 Å². The molecule has 0 saturated heterocycles. The lowest BCUT2D eigenvalue weighted by molar-refractivity contribution is -0.131.